The zero-order valence-corrected chi connectivity index (χ0v) is 11.4. The van der Waals surface area contributed by atoms with Gasteiger partial charge in [-0.25, -0.2) is 14.6 Å². The van der Waals surface area contributed by atoms with Crippen molar-refractivity contribution in [1.82, 2.24) is 30.2 Å². The molecule has 0 bridgehead atoms. The molecule has 0 saturated heterocycles. The van der Waals surface area contributed by atoms with Crippen molar-refractivity contribution in [3.63, 3.8) is 0 Å². The van der Waals surface area contributed by atoms with Gasteiger partial charge in [0.2, 0.25) is 5.16 Å². The molecule has 0 atom stereocenters. The van der Waals surface area contributed by atoms with Gasteiger partial charge in [-0.15, -0.1) is 5.10 Å². The van der Waals surface area contributed by atoms with Gasteiger partial charge in [0.1, 0.15) is 16.7 Å². The molecule has 96 valence electrons. The van der Waals surface area contributed by atoms with Crippen molar-refractivity contribution in [3.8, 4) is 0 Å². The highest BCUT2D eigenvalue weighted by Gasteiger charge is 2.09. The first kappa shape index (κ1) is 12.7. The molecule has 8 heteroatoms. The van der Waals surface area contributed by atoms with E-state index in [0.717, 1.165) is 29.6 Å². The number of rotatable bonds is 5. The minimum atomic E-state index is 0.707. The average molecular weight is 265 g/mol. The zero-order valence-electron chi connectivity index (χ0n) is 10.6. The maximum Gasteiger partial charge on any atom is 0.215 e. The average Bonchev–Trinajstić information content (AvgIpc) is 2.75. The van der Waals surface area contributed by atoms with E-state index in [1.807, 2.05) is 19.9 Å². The first-order valence-corrected chi connectivity index (χ1v) is 6.56. The minimum Gasteiger partial charge on any atom is -0.370 e. The van der Waals surface area contributed by atoms with Crippen molar-refractivity contribution in [3.05, 3.63) is 11.9 Å². The fraction of sp³-hybridized carbons (Fsp3) is 0.500. The Kier molecular flexibility index (Phi) is 4.08. The van der Waals surface area contributed by atoms with Crippen LogP contribution in [0.25, 0.3) is 0 Å². The van der Waals surface area contributed by atoms with Crippen LogP contribution in [0.4, 0.5) is 5.82 Å². The van der Waals surface area contributed by atoms with Gasteiger partial charge in [-0.2, -0.15) is 0 Å². The number of nitrogens with zero attached hydrogens (tertiary/aromatic N) is 6. The second-order valence-corrected chi connectivity index (χ2v) is 4.57. The summed E-state index contributed by atoms with van der Waals surface area (Å²) in [5.41, 5.74) is 0. The Balaban J connectivity index is 2.26. The highest BCUT2D eigenvalue weighted by atomic mass is 32.2. The fourth-order valence-electron chi connectivity index (χ4n) is 1.36. The van der Waals surface area contributed by atoms with E-state index in [1.165, 1.54) is 11.8 Å². The van der Waals surface area contributed by atoms with Crippen LogP contribution in [0.5, 0.6) is 0 Å². The van der Waals surface area contributed by atoms with Crippen molar-refractivity contribution in [2.45, 2.75) is 30.5 Å². The van der Waals surface area contributed by atoms with E-state index < -0.39 is 0 Å². The number of anilines is 1. The molecule has 0 radical (unpaired) electrons. The predicted octanol–water partition coefficient (Wildman–Crippen LogP) is 1.15. The summed E-state index contributed by atoms with van der Waals surface area (Å²) in [5.74, 6) is 1.65. The maximum absolute atomic E-state index is 4.45. The number of nitrogens with one attached hydrogen (secondary N) is 1. The molecule has 0 amide bonds. The van der Waals surface area contributed by atoms with E-state index in [4.69, 9.17) is 0 Å². The largest absolute Gasteiger partial charge is 0.370 e. The summed E-state index contributed by atoms with van der Waals surface area (Å²) in [4.78, 5) is 8.85. The van der Waals surface area contributed by atoms with Crippen LogP contribution in [0.15, 0.2) is 16.2 Å². The Labute approximate surface area is 109 Å². The van der Waals surface area contributed by atoms with Gasteiger partial charge in [0.05, 0.1) is 0 Å². The van der Waals surface area contributed by atoms with E-state index in [9.17, 15) is 0 Å². The molecular weight excluding hydrogens is 250 g/mol. The summed E-state index contributed by atoms with van der Waals surface area (Å²) in [5, 5.41) is 16.1. The molecule has 2 aromatic rings. The third-order valence-corrected chi connectivity index (χ3v) is 3.15. The summed E-state index contributed by atoms with van der Waals surface area (Å²) in [6.45, 7) is 4.90. The highest BCUT2D eigenvalue weighted by Crippen LogP contribution is 2.24. The molecule has 18 heavy (non-hydrogen) atoms. The summed E-state index contributed by atoms with van der Waals surface area (Å²) in [6, 6.07) is 1.90. The molecule has 0 saturated carbocycles. The molecule has 2 aromatic heterocycles. The van der Waals surface area contributed by atoms with Crippen LogP contribution in [0, 0.1) is 0 Å². The molecule has 2 heterocycles. The molecule has 0 aliphatic rings. The molecule has 0 aliphatic heterocycles. The van der Waals surface area contributed by atoms with Gasteiger partial charge in [-0.05, 0) is 29.1 Å². The first-order chi connectivity index (χ1) is 8.72. The molecule has 0 spiro atoms. The molecule has 0 unspecified atom stereocenters. The molecule has 0 aromatic carbocycles. The van der Waals surface area contributed by atoms with Crippen LogP contribution in [-0.4, -0.2) is 36.7 Å². The summed E-state index contributed by atoms with van der Waals surface area (Å²) in [7, 11) is 1.80. The van der Waals surface area contributed by atoms with Gasteiger partial charge < -0.3 is 5.32 Å². The molecule has 0 fully saturated rings. The lowest BCUT2D eigenvalue weighted by molar-refractivity contribution is 0.664. The number of hydrogen-bond donors (Lipinski definition) is 1. The van der Waals surface area contributed by atoms with E-state index in [-0.39, 0.29) is 0 Å². The van der Waals surface area contributed by atoms with Crippen molar-refractivity contribution >= 4 is 17.6 Å². The summed E-state index contributed by atoms with van der Waals surface area (Å²) < 4.78 is 1.62. The zero-order chi connectivity index (χ0) is 13.0. The van der Waals surface area contributed by atoms with Crippen LogP contribution in [0.3, 0.4) is 0 Å². The van der Waals surface area contributed by atoms with Crippen LogP contribution in [-0.2, 0) is 13.5 Å². The lowest BCUT2D eigenvalue weighted by Gasteiger charge is -2.06. The Hall–Kier alpha value is -1.70. The van der Waals surface area contributed by atoms with Gasteiger partial charge in [0.25, 0.3) is 0 Å². The molecular formula is C10H15N7S. The van der Waals surface area contributed by atoms with E-state index in [0.29, 0.717) is 5.16 Å². The topological polar surface area (TPSA) is 81.4 Å². The van der Waals surface area contributed by atoms with Gasteiger partial charge in [-0.3, -0.25) is 0 Å². The standard InChI is InChI=1S/C10H15N7S/c1-4-7-12-8(11-5-2)6-9(13-7)18-10-14-15-16-17(10)3/h6H,4-5H2,1-3H3,(H,11,12,13). The molecule has 0 aliphatic carbocycles. The van der Waals surface area contributed by atoms with Crippen LogP contribution >= 0.6 is 11.8 Å². The third-order valence-electron chi connectivity index (χ3n) is 2.20. The van der Waals surface area contributed by atoms with Gasteiger partial charge in [0, 0.05) is 26.1 Å². The van der Waals surface area contributed by atoms with Crippen LogP contribution < -0.4 is 5.32 Å². The van der Waals surface area contributed by atoms with E-state index >= 15 is 0 Å². The van der Waals surface area contributed by atoms with E-state index in [2.05, 4.69) is 30.8 Å². The van der Waals surface area contributed by atoms with Crippen LogP contribution in [0.1, 0.15) is 19.7 Å². The third kappa shape index (κ3) is 2.95. The lowest BCUT2D eigenvalue weighted by atomic mass is 10.4. The van der Waals surface area contributed by atoms with Crippen molar-refractivity contribution in [1.29, 1.82) is 0 Å². The summed E-state index contributed by atoms with van der Waals surface area (Å²) in [6.07, 6.45) is 0.795. The highest BCUT2D eigenvalue weighted by molar-refractivity contribution is 7.99. The quantitative estimate of drug-likeness (QED) is 0.812. The number of hydrogen-bond acceptors (Lipinski definition) is 7. The predicted molar refractivity (Wildman–Crippen MR) is 68.5 cm³/mol. The normalized spacial score (nSPS) is 10.6. The van der Waals surface area contributed by atoms with E-state index in [1.54, 1.807) is 11.7 Å². The molecule has 1 N–H and O–H groups in total. The van der Waals surface area contributed by atoms with Gasteiger partial charge in [0.15, 0.2) is 0 Å². The second kappa shape index (κ2) is 5.76. The van der Waals surface area contributed by atoms with Gasteiger partial charge in [-0.1, -0.05) is 6.92 Å². The Morgan fingerprint density at radius 1 is 1.33 bits per heavy atom. The van der Waals surface area contributed by atoms with Gasteiger partial charge >= 0.3 is 0 Å². The first-order valence-electron chi connectivity index (χ1n) is 5.75. The fourth-order valence-corrected chi connectivity index (χ4v) is 2.11. The minimum absolute atomic E-state index is 0.707. The van der Waals surface area contributed by atoms with Crippen molar-refractivity contribution in [2.24, 2.45) is 7.05 Å². The van der Waals surface area contributed by atoms with Crippen molar-refractivity contribution < 1.29 is 0 Å². The molecule has 7 nitrogen and oxygen atoms in total. The Morgan fingerprint density at radius 3 is 2.78 bits per heavy atom. The lowest BCUT2D eigenvalue weighted by Crippen LogP contribution is -2.04. The Morgan fingerprint density at radius 2 is 2.17 bits per heavy atom. The second-order valence-electron chi connectivity index (χ2n) is 3.58. The smallest absolute Gasteiger partial charge is 0.215 e. The maximum atomic E-state index is 4.45. The number of aryl methyl sites for hydroxylation is 2. The SMILES string of the molecule is CCNc1cc(Sc2nnnn2C)nc(CC)n1. The number of aromatic nitrogens is 6. The van der Waals surface area contributed by atoms with Crippen LogP contribution in [0.2, 0.25) is 0 Å². The summed E-state index contributed by atoms with van der Waals surface area (Å²) >= 11 is 1.43. The Bertz CT molecular complexity index is 525. The molecule has 2 rings (SSSR count). The number of tetrazole rings is 1. The monoisotopic (exact) mass is 265 g/mol. The van der Waals surface area contributed by atoms with Crippen molar-refractivity contribution in [2.75, 3.05) is 11.9 Å².